The van der Waals surface area contributed by atoms with Crippen LogP contribution in [0.3, 0.4) is 0 Å². The van der Waals surface area contributed by atoms with Gasteiger partial charge in [0.15, 0.2) is 17.2 Å². The summed E-state index contributed by atoms with van der Waals surface area (Å²) in [5, 5.41) is 19.2. The van der Waals surface area contributed by atoms with E-state index in [1.54, 1.807) is 11.4 Å². The van der Waals surface area contributed by atoms with Gasteiger partial charge in [-0.05, 0) is 11.4 Å². The standard InChI is InChI=1S/C9H6O5S2/c10-5(11)3-14-6-7-4(1-2-15-7)16-8(6)9(12)13/h1-2H,3H2,(H,10,11)(H,12,13). The third kappa shape index (κ3) is 1.86. The topological polar surface area (TPSA) is 83.8 Å². The minimum atomic E-state index is -1.13. The Hall–Kier alpha value is -1.60. The number of thiophene rings is 2. The molecule has 0 radical (unpaired) electrons. The lowest BCUT2D eigenvalue weighted by atomic mass is 10.4. The molecule has 0 aliphatic carbocycles. The van der Waals surface area contributed by atoms with Crippen molar-refractivity contribution in [2.75, 3.05) is 6.61 Å². The Morgan fingerprint density at radius 1 is 1.38 bits per heavy atom. The first-order valence-corrected chi connectivity index (χ1v) is 5.87. The van der Waals surface area contributed by atoms with E-state index in [-0.39, 0.29) is 10.6 Å². The fraction of sp³-hybridized carbons (Fsp3) is 0.111. The van der Waals surface area contributed by atoms with E-state index in [0.29, 0.717) is 4.70 Å². The van der Waals surface area contributed by atoms with Crippen LogP contribution in [0.25, 0.3) is 9.40 Å². The van der Waals surface area contributed by atoms with Gasteiger partial charge in [0.05, 0.1) is 4.70 Å². The number of fused-ring (bicyclic) bond motifs is 1. The van der Waals surface area contributed by atoms with Crippen LogP contribution in [0.4, 0.5) is 0 Å². The molecule has 0 spiro atoms. The van der Waals surface area contributed by atoms with Gasteiger partial charge in [0.1, 0.15) is 0 Å². The highest BCUT2D eigenvalue weighted by Crippen LogP contribution is 2.41. The zero-order valence-electron chi connectivity index (χ0n) is 7.80. The number of carbonyl (C=O) groups is 2. The van der Waals surface area contributed by atoms with E-state index in [2.05, 4.69) is 0 Å². The second-order valence-corrected chi connectivity index (χ2v) is 4.83. The molecule has 2 aromatic rings. The first kappa shape index (κ1) is 10.9. The summed E-state index contributed by atoms with van der Waals surface area (Å²) in [6.07, 6.45) is 0. The van der Waals surface area contributed by atoms with Crippen molar-refractivity contribution >= 4 is 44.0 Å². The summed E-state index contributed by atoms with van der Waals surface area (Å²) in [5.74, 6) is -2.08. The molecule has 0 fully saturated rings. The average Bonchev–Trinajstić information content (AvgIpc) is 2.73. The van der Waals surface area contributed by atoms with Crippen molar-refractivity contribution in [3.63, 3.8) is 0 Å². The molecule has 0 unspecified atom stereocenters. The molecule has 0 aromatic carbocycles. The molecule has 84 valence electrons. The molecule has 16 heavy (non-hydrogen) atoms. The maximum atomic E-state index is 10.9. The highest BCUT2D eigenvalue weighted by molar-refractivity contribution is 7.28. The van der Waals surface area contributed by atoms with Gasteiger partial charge in [0.25, 0.3) is 0 Å². The van der Waals surface area contributed by atoms with Crippen LogP contribution in [0.15, 0.2) is 11.4 Å². The van der Waals surface area contributed by atoms with E-state index in [1.165, 1.54) is 11.3 Å². The Morgan fingerprint density at radius 2 is 2.12 bits per heavy atom. The summed E-state index contributed by atoms with van der Waals surface area (Å²) in [7, 11) is 0. The van der Waals surface area contributed by atoms with Crippen LogP contribution in [0.5, 0.6) is 5.75 Å². The van der Waals surface area contributed by atoms with Crippen LogP contribution < -0.4 is 4.74 Å². The Morgan fingerprint density at radius 3 is 2.75 bits per heavy atom. The normalized spacial score (nSPS) is 10.5. The second kappa shape index (κ2) is 4.11. The van der Waals surface area contributed by atoms with Crippen LogP contribution in [0.2, 0.25) is 0 Å². The van der Waals surface area contributed by atoms with Crippen LogP contribution in [0, 0.1) is 0 Å². The van der Waals surface area contributed by atoms with Gasteiger partial charge in [-0.1, -0.05) is 0 Å². The first-order valence-electron chi connectivity index (χ1n) is 4.17. The van der Waals surface area contributed by atoms with E-state index in [9.17, 15) is 9.59 Å². The van der Waals surface area contributed by atoms with Gasteiger partial charge >= 0.3 is 11.9 Å². The molecule has 2 heterocycles. The molecule has 0 aliphatic rings. The van der Waals surface area contributed by atoms with E-state index < -0.39 is 18.5 Å². The second-order valence-electron chi connectivity index (χ2n) is 2.86. The summed E-state index contributed by atoms with van der Waals surface area (Å²) >= 11 is 2.42. The summed E-state index contributed by atoms with van der Waals surface area (Å²) in [6.45, 7) is -0.538. The lowest BCUT2D eigenvalue weighted by Crippen LogP contribution is -2.10. The molecule has 0 saturated heterocycles. The summed E-state index contributed by atoms with van der Waals surface area (Å²) in [4.78, 5) is 21.4. The molecule has 0 atom stereocenters. The Kier molecular flexibility index (Phi) is 2.80. The summed E-state index contributed by atoms with van der Waals surface area (Å²) in [6, 6.07) is 1.78. The Bertz CT molecular complexity index is 553. The van der Waals surface area contributed by atoms with Crippen molar-refractivity contribution < 1.29 is 24.5 Å². The molecule has 0 bridgehead atoms. The third-order valence-corrected chi connectivity index (χ3v) is 3.95. The predicted octanol–water partition coefficient (Wildman–Crippen LogP) is 2.12. The van der Waals surface area contributed by atoms with Crippen molar-refractivity contribution in [3.8, 4) is 5.75 Å². The maximum absolute atomic E-state index is 10.9. The number of rotatable bonds is 4. The van der Waals surface area contributed by atoms with E-state index in [4.69, 9.17) is 14.9 Å². The monoisotopic (exact) mass is 258 g/mol. The Labute approximate surface area is 97.5 Å². The predicted molar refractivity (Wildman–Crippen MR) is 59.8 cm³/mol. The third-order valence-electron chi connectivity index (χ3n) is 1.79. The van der Waals surface area contributed by atoms with E-state index in [1.807, 2.05) is 0 Å². The van der Waals surface area contributed by atoms with Gasteiger partial charge in [-0.3, -0.25) is 0 Å². The van der Waals surface area contributed by atoms with Crippen molar-refractivity contribution in [2.24, 2.45) is 0 Å². The molecule has 2 aromatic heterocycles. The molecule has 5 nitrogen and oxygen atoms in total. The molecule has 2 N–H and O–H groups in total. The van der Waals surface area contributed by atoms with Crippen LogP contribution in [-0.2, 0) is 4.79 Å². The Balaban J connectivity index is 2.44. The van der Waals surface area contributed by atoms with Crippen molar-refractivity contribution in [3.05, 3.63) is 16.3 Å². The lowest BCUT2D eigenvalue weighted by Gasteiger charge is -2.01. The number of aromatic carboxylic acids is 1. The molecule has 2 rings (SSSR count). The average molecular weight is 258 g/mol. The molecule has 7 heteroatoms. The fourth-order valence-corrected chi connectivity index (χ4v) is 3.30. The van der Waals surface area contributed by atoms with Crippen molar-refractivity contribution in [1.82, 2.24) is 0 Å². The van der Waals surface area contributed by atoms with Gasteiger partial charge in [-0.2, -0.15) is 0 Å². The van der Waals surface area contributed by atoms with Gasteiger partial charge in [-0.25, -0.2) is 9.59 Å². The van der Waals surface area contributed by atoms with Crippen LogP contribution in [-0.4, -0.2) is 28.8 Å². The fourth-order valence-electron chi connectivity index (χ4n) is 1.21. The molecule has 0 amide bonds. The number of hydrogen-bond donors (Lipinski definition) is 2. The summed E-state index contributed by atoms with van der Waals surface area (Å²) < 4.78 is 6.49. The van der Waals surface area contributed by atoms with Crippen LogP contribution in [0.1, 0.15) is 9.67 Å². The van der Waals surface area contributed by atoms with Gasteiger partial charge in [0, 0.05) is 4.70 Å². The quantitative estimate of drug-likeness (QED) is 0.877. The van der Waals surface area contributed by atoms with Crippen molar-refractivity contribution in [1.29, 1.82) is 0 Å². The van der Waals surface area contributed by atoms with Gasteiger partial charge in [0.2, 0.25) is 0 Å². The largest absolute Gasteiger partial charge is 0.479 e. The maximum Gasteiger partial charge on any atom is 0.349 e. The van der Waals surface area contributed by atoms with Crippen LogP contribution >= 0.6 is 22.7 Å². The SMILES string of the molecule is O=C(O)COc1c(C(=O)O)sc2ccsc12. The van der Waals surface area contributed by atoms with E-state index >= 15 is 0 Å². The van der Waals surface area contributed by atoms with Gasteiger partial charge < -0.3 is 14.9 Å². The first-order chi connectivity index (χ1) is 7.59. The highest BCUT2D eigenvalue weighted by Gasteiger charge is 2.20. The number of hydrogen-bond acceptors (Lipinski definition) is 5. The number of carboxylic acid groups (broad SMARTS) is 2. The lowest BCUT2D eigenvalue weighted by molar-refractivity contribution is -0.139. The summed E-state index contributed by atoms with van der Waals surface area (Å²) in [5.41, 5.74) is 0. The number of aliphatic carboxylic acids is 1. The molecular formula is C9H6O5S2. The minimum Gasteiger partial charge on any atom is -0.479 e. The minimum absolute atomic E-state index is 0.0445. The number of ether oxygens (including phenoxy) is 1. The zero-order chi connectivity index (χ0) is 11.7. The molecular weight excluding hydrogens is 252 g/mol. The molecule has 0 aliphatic heterocycles. The van der Waals surface area contributed by atoms with Crippen molar-refractivity contribution in [2.45, 2.75) is 0 Å². The van der Waals surface area contributed by atoms with E-state index in [0.717, 1.165) is 16.0 Å². The number of carboxylic acids is 2. The highest BCUT2D eigenvalue weighted by atomic mass is 32.1. The molecule has 0 saturated carbocycles. The van der Waals surface area contributed by atoms with Gasteiger partial charge in [-0.15, -0.1) is 22.7 Å². The smallest absolute Gasteiger partial charge is 0.349 e. The zero-order valence-corrected chi connectivity index (χ0v) is 9.43.